The maximum Gasteiger partial charge on any atom is 0.221 e. The van der Waals surface area contributed by atoms with Crippen LogP contribution in [-0.4, -0.2) is 31.5 Å². The van der Waals surface area contributed by atoms with E-state index in [9.17, 15) is 4.79 Å². The van der Waals surface area contributed by atoms with Crippen LogP contribution >= 0.6 is 24.0 Å². The van der Waals surface area contributed by atoms with Crippen LogP contribution in [0.15, 0.2) is 35.3 Å². The molecular weight excluding hydrogens is 391 g/mol. The Bertz CT molecular complexity index is 462. The van der Waals surface area contributed by atoms with Crippen LogP contribution in [0, 0.1) is 0 Å². The molecule has 0 bridgehead atoms. The van der Waals surface area contributed by atoms with E-state index in [1.165, 1.54) is 5.56 Å². The molecule has 5 nitrogen and oxygen atoms in total. The fourth-order valence-electron chi connectivity index (χ4n) is 1.91. The Balaban J connectivity index is 0.00000441. The van der Waals surface area contributed by atoms with Crippen LogP contribution in [0.2, 0.25) is 0 Å². The molecule has 1 rings (SSSR count). The number of aliphatic imine (C=N–C) groups is 1. The lowest BCUT2D eigenvalue weighted by molar-refractivity contribution is -0.121. The van der Waals surface area contributed by atoms with E-state index in [0.717, 1.165) is 0 Å². The highest BCUT2D eigenvalue weighted by Crippen LogP contribution is 2.10. The molecule has 0 aromatic heterocycles. The zero-order chi connectivity index (χ0) is 15.7. The number of rotatable bonds is 6. The first-order chi connectivity index (χ1) is 10.0. The molecular formula is C16H27IN4O. The summed E-state index contributed by atoms with van der Waals surface area (Å²) >= 11 is 0. The summed E-state index contributed by atoms with van der Waals surface area (Å²) in [6.07, 6.45) is 0.429. The molecule has 0 aliphatic rings. The highest BCUT2D eigenvalue weighted by atomic mass is 127. The molecule has 124 valence electrons. The average Bonchev–Trinajstić information content (AvgIpc) is 2.46. The number of hydrogen-bond acceptors (Lipinski definition) is 2. The van der Waals surface area contributed by atoms with E-state index in [0.29, 0.717) is 18.9 Å². The van der Waals surface area contributed by atoms with Gasteiger partial charge in [0.2, 0.25) is 5.91 Å². The van der Waals surface area contributed by atoms with Crippen molar-refractivity contribution in [2.45, 2.75) is 39.3 Å². The quantitative estimate of drug-likeness (QED) is 0.378. The first-order valence-corrected chi connectivity index (χ1v) is 7.34. The van der Waals surface area contributed by atoms with Gasteiger partial charge >= 0.3 is 0 Å². The summed E-state index contributed by atoms with van der Waals surface area (Å²) < 4.78 is 0. The van der Waals surface area contributed by atoms with Crippen molar-refractivity contribution in [3.8, 4) is 0 Å². The SMILES string of the molecule is CN=C(NCCC(=O)NC(C)C)NC(C)c1ccccc1.I. The molecule has 6 heteroatoms. The lowest BCUT2D eigenvalue weighted by Gasteiger charge is -2.18. The highest BCUT2D eigenvalue weighted by Gasteiger charge is 2.08. The van der Waals surface area contributed by atoms with Crippen molar-refractivity contribution in [2.24, 2.45) is 4.99 Å². The Labute approximate surface area is 150 Å². The minimum absolute atomic E-state index is 0. The van der Waals surface area contributed by atoms with Gasteiger partial charge in [-0.25, -0.2) is 0 Å². The second-order valence-electron chi connectivity index (χ2n) is 5.25. The number of carbonyl (C=O) groups excluding carboxylic acids is 1. The molecule has 1 atom stereocenters. The highest BCUT2D eigenvalue weighted by molar-refractivity contribution is 14.0. The van der Waals surface area contributed by atoms with E-state index in [1.807, 2.05) is 32.0 Å². The lowest BCUT2D eigenvalue weighted by atomic mass is 10.1. The monoisotopic (exact) mass is 418 g/mol. The Hall–Kier alpha value is -1.31. The third-order valence-electron chi connectivity index (χ3n) is 2.97. The fraction of sp³-hybridized carbons (Fsp3) is 0.500. The summed E-state index contributed by atoms with van der Waals surface area (Å²) in [5.74, 6) is 0.743. The molecule has 1 unspecified atom stereocenters. The van der Waals surface area contributed by atoms with Crippen molar-refractivity contribution in [1.82, 2.24) is 16.0 Å². The van der Waals surface area contributed by atoms with Gasteiger partial charge in [0.05, 0.1) is 6.04 Å². The Morgan fingerprint density at radius 1 is 1.14 bits per heavy atom. The number of carbonyl (C=O) groups is 1. The van der Waals surface area contributed by atoms with Crippen molar-refractivity contribution < 1.29 is 4.79 Å². The molecule has 1 aromatic carbocycles. The normalized spacial score (nSPS) is 12.3. The second kappa shape index (κ2) is 11.3. The van der Waals surface area contributed by atoms with Crippen LogP contribution in [0.4, 0.5) is 0 Å². The summed E-state index contributed by atoms with van der Waals surface area (Å²) in [5, 5.41) is 9.32. The third kappa shape index (κ3) is 8.21. The standard InChI is InChI=1S/C16H26N4O.HI/c1-12(2)19-15(21)10-11-18-16(17-4)20-13(3)14-8-6-5-7-9-14;/h5-9,12-13H,10-11H2,1-4H3,(H,19,21)(H2,17,18,20);1H. The van der Waals surface area contributed by atoms with E-state index in [1.54, 1.807) is 7.05 Å². The number of hydrogen-bond donors (Lipinski definition) is 3. The first-order valence-electron chi connectivity index (χ1n) is 7.34. The minimum Gasteiger partial charge on any atom is -0.356 e. The topological polar surface area (TPSA) is 65.5 Å². The summed E-state index contributed by atoms with van der Waals surface area (Å²) in [4.78, 5) is 15.7. The maximum atomic E-state index is 11.6. The number of nitrogens with zero attached hydrogens (tertiary/aromatic N) is 1. The molecule has 0 fully saturated rings. The summed E-state index contributed by atoms with van der Waals surface area (Å²) in [7, 11) is 1.72. The van der Waals surface area contributed by atoms with Gasteiger partial charge in [-0.1, -0.05) is 30.3 Å². The predicted octanol–water partition coefficient (Wildman–Crippen LogP) is 2.45. The van der Waals surface area contributed by atoms with Gasteiger partial charge in [-0.15, -0.1) is 24.0 Å². The molecule has 3 N–H and O–H groups in total. The van der Waals surface area contributed by atoms with Gasteiger partial charge in [0.25, 0.3) is 0 Å². The zero-order valence-corrected chi connectivity index (χ0v) is 16.0. The molecule has 0 radical (unpaired) electrons. The number of amides is 1. The molecule has 22 heavy (non-hydrogen) atoms. The summed E-state index contributed by atoms with van der Waals surface area (Å²) in [5.41, 5.74) is 1.19. The predicted molar refractivity (Wildman–Crippen MR) is 103 cm³/mol. The number of guanidine groups is 1. The van der Waals surface area contributed by atoms with Gasteiger partial charge in [-0.2, -0.15) is 0 Å². The molecule has 0 spiro atoms. The fourth-order valence-corrected chi connectivity index (χ4v) is 1.91. The van der Waals surface area contributed by atoms with Gasteiger partial charge in [0.15, 0.2) is 5.96 Å². The Morgan fingerprint density at radius 2 is 1.77 bits per heavy atom. The molecule has 0 aliphatic heterocycles. The summed E-state index contributed by atoms with van der Waals surface area (Å²) in [6.45, 7) is 6.54. The minimum atomic E-state index is 0. The van der Waals surface area contributed by atoms with Crippen molar-refractivity contribution in [1.29, 1.82) is 0 Å². The average molecular weight is 418 g/mol. The van der Waals surface area contributed by atoms with Crippen LogP contribution in [-0.2, 0) is 4.79 Å². The van der Waals surface area contributed by atoms with Gasteiger partial charge in [0, 0.05) is 26.1 Å². The van der Waals surface area contributed by atoms with Gasteiger partial charge in [-0.05, 0) is 26.3 Å². The second-order valence-corrected chi connectivity index (χ2v) is 5.25. The third-order valence-corrected chi connectivity index (χ3v) is 2.97. The molecule has 1 aromatic rings. The van der Waals surface area contributed by atoms with Gasteiger partial charge < -0.3 is 16.0 Å². The van der Waals surface area contributed by atoms with Crippen molar-refractivity contribution >= 4 is 35.8 Å². The lowest BCUT2D eigenvalue weighted by Crippen LogP contribution is -2.41. The van der Waals surface area contributed by atoms with Crippen molar-refractivity contribution in [3.05, 3.63) is 35.9 Å². The largest absolute Gasteiger partial charge is 0.356 e. The number of nitrogens with one attached hydrogen (secondary N) is 3. The van der Waals surface area contributed by atoms with Crippen LogP contribution in [0.5, 0.6) is 0 Å². The van der Waals surface area contributed by atoms with Crippen LogP contribution in [0.25, 0.3) is 0 Å². The Morgan fingerprint density at radius 3 is 2.32 bits per heavy atom. The first kappa shape index (κ1) is 20.7. The molecule has 0 aliphatic carbocycles. The van der Waals surface area contributed by atoms with Gasteiger partial charge in [-0.3, -0.25) is 9.79 Å². The molecule has 0 saturated carbocycles. The van der Waals surface area contributed by atoms with Crippen molar-refractivity contribution in [2.75, 3.05) is 13.6 Å². The van der Waals surface area contributed by atoms with E-state index in [2.05, 4.69) is 40.0 Å². The molecule has 1 amide bonds. The maximum absolute atomic E-state index is 11.6. The van der Waals surface area contributed by atoms with Crippen molar-refractivity contribution in [3.63, 3.8) is 0 Å². The Kier molecular flexibility index (Phi) is 10.6. The van der Waals surface area contributed by atoms with E-state index in [4.69, 9.17) is 0 Å². The smallest absolute Gasteiger partial charge is 0.221 e. The van der Waals surface area contributed by atoms with Crippen LogP contribution < -0.4 is 16.0 Å². The van der Waals surface area contributed by atoms with Gasteiger partial charge in [0.1, 0.15) is 0 Å². The van der Waals surface area contributed by atoms with Crippen LogP contribution in [0.3, 0.4) is 0 Å². The summed E-state index contributed by atoms with van der Waals surface area (Å²) in [6, 6.07) is 10.5. The molecule has 0 heterocycles. The number of halogens is 1. The van der Waals surface area contributed by atoms with E-state index >= 15 is 0 Å². The molecule has 0 saturated heterocycles. The van der Waals surface area contributed by atoms with E-state index < -0.39 is 0 Å². The number of benzene rings is 1. The van der Waals surface area contributed by atoms with E-state index in [-0.39, 0.29) is 42.0 Å². The zero-order valence-electron chi connectivity index (χ0n) is 13.7. The van der Waals surface area contributed by atoms with Crippen LogP contribution in [0.1, 0.15) is 38.8 Å².